The van der Waals surface area contributed by atoms with Crippen molar-refractivity contribution in [1.82, 2.24) is 14.4 Å². The van der Waals surface area contributed by atoms with E-state index in [9.17, 15) is 0 Å². The molecule has 0 aliphatic rings. The van der Waals surface area contributed by atoms with Crippen LogP contribution in [0.1, 0.15) is 16.1 Å². The van der Waals surface area contributed by atoms with Crippen LogP contribution >= 0.6 is 22.7 Å². The Bertz CT molecular complexity index is 1460. The fraction of sp³-hybridized carbons (Fsp3) is 0.120. The number of para-hydroxylation sites is 1. The molecule has 0 saturated heterocycles. The van der Waals surface area contributed by atoms with Crippen LogP contribution in [0, 0.1) is 13.8 Å². The quantitative estimate of drug-likeness (QED) is 0.267. The van der Waals surface area contributed by atoms with Gasteiger partial charge in [0.2, 0.25) is 0 Å². The second-order valence-electron chi connectivity index (χ2n) is 7.58. The van der Waals surface area contributed by atoms with E-state index in [-0.39, 0.29) is 0 Å². The standard InChI is InChI=1S/C25H23N5OS2/c1-15-7-5-6-8-19(15)27-16(2)20-9-10-23(32-20)29-25-26-14-21(33-25)24-17(3)28-22-13-18(31-4)11-12-30(22)24/h5-14,27H,2H2,1,3-4H3,(H,26,29). The molecule has 0 unspecified atom stereocenters. The van der Waals surface area contributed by atoms with Crippen LogP contribution in [0.3, 0.4) is 0 Å². The van der Waals surface area contributed by atoms with Crippen LogP contribution in [0.5, 0.6) is 5.75 Å². The number of fused-ring (bicyclic) bond motifs is 1. The summed E-state index contributed by atoms with van der Waals surface area (Å²) in [5, 5.41) is 8.69. The summed E-state index contributed by atoms with van der Waals surface area (Å²) in [5.41, 5.74) is 5.98. The summed E-state index contributed by atoms with van der Waals surface area (Å²) in [6.07, 6.45) is 3.87. The molecule has 0 aliphatic heterocycles. The van der Waals surface area contributed by atoms with Gasteiger partial charge in [0.1, 0.15) is 11.4 Å². The molecular weight excluding hydrogens is 450 g/mol. The van der Waals surface area contributed by atoms with E-state index in [4.69, 9.17) is 4.74 Å². The van der Waals surface area contributed by atoms with Crippen LogP contribution in [-0.2, 0) is 0 Å². The van der Waals surface area contributed by atoms with Crippen molar-refractivity contribution in [3.8, 4) is 16.3 Å². The molecule has 0 bridgehead atoms. The van der Waals surface area contributed by atoms with E-state index in [1.54, 1.807) is 29.8 Å². The molecule has 0 saturated carbocycles. The molecule has 166 valence electrons. The molecule has 33 heavy (non-hydrogen) atoms. The summed E-state index contributed by atoms with van der Waals surface area (Å²) in [7, 11) is 1.66. The summed E-state index contributed by atoms with van der Waals surface area (Å²) in [6, 6.07) is 16.2. The van der Waals surface area contributed by atoms with Crippen molar-refractivity contribution >= 4 is 49.8 Å². The lowest BCUT2D eigenvalue weighted by Gasteiger charge is -2.10. The Hall–Kier alpha value is -3.62. The lowest BCUT2D eigenvalue weighted by Crippen LogP contribution is -1.97. The van der Waals surface area contributed by atoms with E-state index in [1.165, 1.54) is 5.56 Å². The molecule has 1 aromatic carbocycles. The maximum atomic E-state index is 5.32. The molecule has 2 N–H and O–H groups in total. The number of thiazole rings is 1. The van der Waals surface area contributed by atoms with E-state index in [2.05, 4.69) is 62.8 Å². The van der Waals surface area contributed by atoms with Gasteiger partial charge in [0.15, 0.2) is 5.13 Å². The van der Waals surface area contributed by atoms with Gasteiger partial charge in [-0.15, -0.1) is 11.3 Å². The van der Waals surface area contributed by atoms with Crippen molar-refractivity contribution in [3.05, 3.63) is 83.6 Å². The minimum Gasteiger partial charge on any atom is -0.497 e. The summed E-state index contributed by atoms with van der Waals surface area (Å²) in [6.45, 7) is 8.31. The normalized spacial score (nSPS) is 11.0. The minimum atomic E-state index is 0.790. The van der Waals surface area contributed by atoms with Gasteiger partial charge in [-0.3, -0.25) is 4.40 Å². The number of pyridine rings is 1. The van der Waals surface area contributed by atoms with Gasteiger partial charge in [-0.05, 0) is 43.7 Å². The molecule has 0 fully saturated rings. The number of imidazole rings is 1. The number of anilines is 3. The van der Waals surface area contributed by atoms with Gasteiger partial charge < -0.3 is 15.4 Å². The number of nitrogens with zero attached hydrogens (tertiary/aromatic N) is 3. The highest BCUT2D eigenvalue weighted by atomic mass is 32.1. The first-order chi connectivity index (χ1) is 16.0. The number of aryl methyl sites for hydroxylation is 2. The van der Waals surface area contributed by atoms with Crippen molar-refractivity contribution in [1.29, 1.82) is 0 Å². The minimum absolute atomic E-state index is 0.790. The van der Waals surface area contributed by atoms with Crippen molar-refractivity contribution in [2.24, 2.45) is 0 Å². The Morgan fingerprint density at radius 3 is 2.76 bits per heavy atom. The van der Waals surface area contributed by atoms with Crippen LogP contribution < -0.4 is 15.4 Å². The molecule has 0 aliphatic carbocycles. The molecule has 4 heterocycles. The van der Waals surface area contributed by atoms with Crippen LogP contribution in [0.4, 0.5) is 15.8 Å². The van der Waals surface area contributed by atoms with Crippen LogP contribution in [0.25, 0.3) is 21.9 Å². The predicted octanol–water partition coefficient (Wildman–Crippen LogP) is 6.97. The average molecular weight is 474 g/mol. The maximum Gasteiger partial charge on any atom is 0.188 e. The Kier molecular flexibility index (Phi) is 5.62. The molecule has 0 atom stereocenters. The Balaban J connectivity index is 1.34. The second kappa shape index (κ2) is 8.73. The fourth-order valence-electron chi connectivity index (χ4n) is 3.62. The molecule has 4 aromatic heterocycles. The van der Waals surface area contributed by atoms with Crippen molar-refractivity contribution in [2.45, 2.75) is 13.8 Å². The number of ether oxygens (including phenoxy) is 1. The van der Waals surface area contributed by atoms with Crippen LogP contribution in [0.2, 0.25) is 0 Å². The third kappa shape index (κ3) is 4.22. The highest BCUT2D eigenvalue weighted by Gasteiger charge is 2.15. The summed E-state index contributed by atoms with van der Waals surface area (Å²) >= 11 is 3.24. The Morgan fingerprint density at radius 1 is 1.09 bits per heavy atom. The Labute approximate surface area is 200 Å². The van der Waals surface area contributed by atoms with Gasteiger partial charge in [0, 0.05) is 29.8 Å². The maximum absolute atomic E-state index is 5.32. The van der Waals surface area contributed by atoms with Crippen LogP contribution in [-0.4, -0.2) is 21.5 Å². The topological polar surface area (TPSA) is 63.5 Å². The van der Waals surface area contributed by atoms with E-state index >= 15 is 0 Å². The van der Waals surface area contributed by atoms with Crippen LogP contribution in [0.15, 0.2) is 67.5 Å². The monoisotopic (exact) mass is 473 g/mol. The fourth-order valence-corrected chi connectivity index (χ4v) is 5.44. The van der Waals surface area contributed by atoms with Gasteiger partial charge >= 0.3 is 0 Å². The lowest BCUT2D eigenvalue weighted by atomic mass is 10.2. The van der Waals surface area contributed by atoms with E-state index in [1.807, 2.05) is 43.6 Å². The smallest absolute Gasteiger partial charge is 0.188 e. The lowest BCUT2D eigenvalue weighted by molar-refractivity contribution is 0.414. The number of thiophene rings is 1. The highest BCUT2D eigenvalue weighted by Crippen LogP contribution is 2.36. The Morgan fingerprint density at radius 2 is 1.94 bits per heavy atom. The SMILES string of the molecule is C=C(Nc1ccccc1C)c1ccc(Nc2ncc(-c3c(C)nc4cc(OC)ccn34)s2)s1. The number of rotatable bonds is 7. The number of hydrogen-bond acceptors (Lipinski definition) is 7. The van der Waals surface area contributed by atoms with Gasteiger partial charge in [0.05, 0.1) is 33.3 Å². The molecule has 0 spiro atoms. The molecule has 0 radical (unpaired) electrons. The summed E-state index contributed by atoms with van der Waals surface area (Å²) in [4.78, 5) is 11.4. The number of hydrogen-bond donors (Lipinski definition) is 2. The number of aromatic nitrogens is 3. The molecular formula is C25H23N5OS2. The molecule has 8 heteroatoms. The zero-order valence-corrected chi connectivity index (χ0v) is 20.2. The van der Waals surface area contributed by atoms with Gasteiger partial charge in [-0.2, -0.15) is 0 Å². The molecule has 6 nitrogen and oxygen atoms in total. The third-order valence-corrected chi connectivity index (χ3v) is 7.29. The largest absolute Gasteiger partial charge is 0.497 e. The molecule has 0 amide bonds. The third-order valence-electron chi connectivity index (χ3n) is 5.31. The van der Waals surface area contributed by atoms with Crippen molar-refractivity contribution in [3.63, 3.8) is 0 Å². The number of nitrogens with one attached hydrogen (secondary N) is 2. The zero-order chi connectivity index (χ0) is 22.9. The van der Waals surface area contributed by atoms with Gasteiger partial charge in [0.25, 0.3) is 0 Å². The van der Waals surface area contributed by atoms with Gasteiger partial charge in [-0.25, -0.2) is 9.97 Å². The first kappa shape index (κ1) is 21.2. The highest BCUT2D eigenvalue weighted by molar-refractivity contribution is 7.20. The first-order valence-electron chi connectivity index (χ1n) is 10.4. The second-order valence-corrected chi connectivity index (χ2v) is 9.69. The van der Waals surface area contributed by atoms with E-state index < -0.39 is 0 Å². The number of methoxy groups -OCH3 is 1. The zero-order valence-electron chi connectivity index (χ0n) is 18.5. The average Bonchev–Trinajstić information content (AvgIpc) is 3.53. The van der Waals surface area contributed by atoms with E-state index in [0.717, 1.165) is 54.1 Å². The molecule has 5 aromatic rings. The van der Waals surface area contributed by atoms with Crippen molar-refractivity contribution in [2.75, 3.05) is 17.7 Å². The molecule has 5 rings (SSSR count). The van der Waals surface area contributed by atoms with E-state index in [0.29, 0.717) is 0 Å². The first-order valence-corrected chi connectivity index (χ1v) is 12.0. The number of benzene rings is 1. The summed E-state index contributed by atoms with van der Waals surface area (Å²) in [5.74, 6) is 0.790. The predicted molar refractivity (Wildman–Crippen MR) is 139 cm³/mol. The van der Waals surface area contributed by atoms with Crippen molar-refractivity contribution < 1.29 is 4.74 Å². The summed E-state index contributed by atoms with van der Waals surface area (Å²) < 4.78 is 7.39. The van der Waals surface area contributed by atoms with Gasteiger partial charge in [-0.1, -0.05) is 36.1 Å².